The monoisotopic (exact) mass is 340 g/mol. The number of methoxy groups -OCH3 is 1. The molecule has 1 aliphatic carbocycles. The summed E-state index contributed by atoms with van der Waals surface area (Å²) in [7, 11) is -1.95. The number of ether oxygens (including phenoxy) is 1. The van der Waals surface area contributed by atoms with Crippen molar-refractivity contribution in [3.63, 3.8) is 0 Å². The first kappa shape index (κ1) is 18.0. The van der Waals surface area contributed by atoms with Crippen molar-refractivity contribution >= 4 is 13.6 Å². The van der Waals surface area contributed by atoms with Gasteiger partial charge in [-0.15, -0.1) is 0 Å². The Morgan fingerprint density at radius 2 is 1.91 bits per heavy atom. The first-order valence-electron chi connectivity index (χ1n) is 8.06. The molecule has 128 valence electrons. The molecule has 1 unspecified atom stereocenters. The van der Waals surface area contributed by atoms with Crippen molar-refractivity contribution < 1.29 is 18.6 Å². The molecule has 0 spiro atoms. The topological polar surface area (TPSA) is 76.7 Å². The molecular formula is C16H25N2O4P. The Labute approximate surface area is 137 Å². The number of esters is 1. The van der Waals surface area contributed by atoms with Crippen LogP contribution in [-0.4, -0.2) is 25.7 Å². The molecule has 1 saturated carbocycles. The Morgan fingerprint density at radius 3 is 2.57 bits per heavy atom. The molecule has 0 amide bonds. The van der Waals surface area contributed by atoms with Gasteiger partial charge in [0.2, 0.25) is 0 Å². The molecule has 0 aliphatic heterocycles. The molecule has 7 heteroatoms. The Balaban J connectivity index is 1.99. The molecular weight excluding hydrogens is 315 g/mol. The Hall–Kier alpha value is -1.36. The van der Waals surface area contributed by atoms with Crippen molar-refractivity contribution in [1.29, 1.82) is 0 Å². The number of para-hydroxylation sites is 1. The van der Waals surface area contributed by atoms with Crippen LogP contribution in [0.4, 0.5) is 0 Å². The highest BCUT2D eigenvalue weighted by atomic mass is 31.2. The normalized spacial score (nSPS) is 18.1. The van der Waals surface area contributed by atoms with Crippen LogP contribution in [0, 0.1) is 0 Å². The molecule has 0 aromatic heterocycles. The van der Waals surface area contributed by atoms with Crippen LogP contribution in [0.5, 0.6) is 5.75 Å². The lowest BCUT2D eigenvalue weighted by atomic mass is 9.96. The van der Waals surface area contributed by atoms with E-state index in [4.69, 9.17) is 4.52 Å². The largest absolute Gasteiger partial charge is 0.469 e. The molecule has 0 bridgehead atoms. The van der Waals surface area contributed by atoms with Crippen molar-refractivity contribution in [1.82, 2.24) is 10.2 Å². The number of rotatable bonds is 8. The van der Waals surface area contributed by atoms with E-state index in [9.17, 15) is 9.36 Å². The molecule has 2 N–H and O–H groups in total. The van der Waals surface area contributed by atoms with Crippen molar-refractivity contribution in [2.45, 2.75) is 44.6 Å². The first-order chi connectivity index (χ1) is 11.1. The van der Waals surface area contributed by atoms with Gasteiger partial charge in [0, 0.05) is 12.6 Å². The number of hydrogen-bond donors (Lipinski definition) is 2. The highest BCUT2D eigenvalue weighted by Gasteiger charge is 2.29. The number of benzene rings is 1. The standard InChI is InChI=1S/C16H25N2O4P/c1-21-16(19)12-13-17-23(20,18-14-8-4-2-5-9-14)22-15-10-6-3-7-11-15/h3,6-7,10-11,14H,2,4-5,8-9,12-13H2,1H3,(H2,17,18,20). The van der Waals surface area contributed by atoms with Gasteiger partial charge in [0.1, 0.15) is 5.75 Å². The number of hydrogen-bond acceptors (Lipinski definition) is 4. The van der Waals surface area contributed by atoms with Gasteiger partial charge in [-0.3, -0.25) is 4.79 Å². The number of nitrogens with one attached hydrogen (secondary N) is 2. The summed E-state index contributed by atoms with van der Waals surface area (Å²) in [6.45, 7) is 0.233. The van der Waals surface area contributed by atoms with Gasteiger partial charge in [-0.25, -0.2) is 14.7 Å². The summed E-state index contributed by atoms with van der Waals surface area (Å²) in [5.74, 6) is 0.186. The first-order valence-corrected chi connectivity index (χ1v) is 9.68. The molecule has 1 aromatic carbocycles. The minimum Gasteiger partial charge on any atom is -0.469 e. The van der Waals surface area contributed by atoms with Crippen LogP contribution in [-0.2, 0) is 14.1 Å². The molecule has 0 radical (unpaired) electrons. The van der Waals surface area contributed by atoms with Gasteiger partial charge < -0.3 is 9.26 Å². The van der Waals surface area contributed by atoms with Gasteiger partial charge in [-0.1, -0.05) is 37.5 Å². The van der Waals surface area contributed by atoms with E-state index in [1.165, 1.54) is 13.5 Å². The molecule has 1 aliphatic rings. The van der Waals surface area contributed by atoms with E-state index < -0.39 is 7.67 Å². The Morgan fingerprint density at radius 1 is 1.22 bits per heavy atom. The molecule has 2 rings (SSSR count). The van der Waals surface area contributed by atoms with Crippen LogP contribution in [0.1, 0.15) is 38.5 Å². The predicted molar refractivity (Wildman–Crippen MR) is 89.3 cm³/mol. The van der Waals surface area contributed by atoms with E-state index in [1.54, 1.807) is 12.1 Å². The van der Waals surface area contributed by atoms with Crippen molar-refractivity contribution in [3.05, 3.63) is 30.3 Å². The highest BCUT2D eigenvalue weighted by molar-refractivity contribution is 7.55. The lowest BCUT2D eigenvalue weighted by Crippen LogP contribution is -2.36. The van der Waals surface area contributed by atoms with E-state index in [0.29, 0.717) is 5.75 Å². The fourth-order valence-corrected chi connectivity index (χ4v) is 4.39. The average molecular weight is 340 g/mol. The number of carbonyl (C=O) groups is 1. The lowest BCUT2D eigenvalue weighted by molar-refractivity contribution is -0.140. The van der Waals surface area contributed by atoms with E-state index in [1.807, 2.05) is 18.2 Å². The maximum atomic E-state index is 13.1. The Kier molecular flexibility index (Phi) is 7.09. The molecule has 1 atom stereocenters. The van der Waals surface area contributed by atoms with Gasteiger partial charge in [0.15, 0.2) is 0 Å². The third kappa shape index (κ3) is 6.34. The zero-order chi connectivity index (χ0) is 16.5. The summed E-state index contributed by atoms with van der Waals surface area (Å²) in [6, 6.07) is 9.22. The van der Waals surface area contributed by atoms with Crippen LogP contribution in [0.3, 0.4) is 0 Å². The molecule has 0 heterocycles. The zero-order valence-corrected chi connectivity index (χ0v) is 14.4. The van der Waals surface area contributed by atoms with E-state index in [2.05, 4.69) is 14.9 Å². The quantitative estimate of drug-likeness (QED) is 0.559. The maximum absolute atomic E-state index is 13.1. The van der Waals surface area contributed by atoms with Crippen LogP contribution < -0.4 is 14.7 Å². The third-order valence-corrected chi connectivity index (χ3v) is 5.62. The summed E-state index contributed by atoms with van der Waals surface area (Å²) in [4.78, 5) is 11.2. The number of carbonyl (C=O) groups excluding carboxylic acids is 1. The molecule has 23 heavy (non-hydrogen) atoms. The van der Waals surface area contributed by atoms with Crippen molar-refractivity contribution in [2.75, 3.05) is 13.7 Å². The summed E-state index contributed by atoms with van der Waals surface area (Å²) >= 11 is 0. The molecule has 0 saturated heterocycles. The van der Waals surface area contributed by atoms with Gasteiger partial charge in [0.25, 0.3) is 0 Å². The van der Waals surface area contributed by atoms with Crippen molar-refractivity contribution in [2.24, 2.45) is 0 Å². The van der Waals surface area contributed by atoms with Gasteiger partial charge in [0.05, 0.1) is 13.5 Å². The summed E-state index contributed by atoms with van der Waals surface area (Å²) in [5, 5.41) is 6.02. The van der Waals surface area contributed by atoms with Gasteiger partial charge in [-0.05, 0) is 25.0 Å². The van der Waals surface area contributed by atoms with Gasteiger partial charge >= 0.3 is 13.6 Å². The second-order valence-electron chi connectivity index (χ2n) is 5.65. The van der Waals surface area contributed by atoms with Crippen LogP contribution in [0.2, 0.25) is 0 Å². The average Bonchev–Trinajstić information content (AvgIpc) is 2.56. The minimum absolute atomic E-state index is 0.144. The highest BCUT2D eigenvalue weighted by Crippen LogP contribution is 2.40. The minimum atomic E-state index is -3.28. The lowest BCUT2D eigenvalue weighted by Gasteiger charge is -2.28. The van der Waals surface area contributed by atoms with Crippen molar-refractivity contribution in [3.8, 4) is 5.75 Å². The predicted octanol–water partition coefficient (Wildman–Crippen LogP) is 3.25. The molecule has 6 nitrogen and oxygen atoms in total. The maximum Gasteiger partial charge on any atom is 0.390 e. The third-order valence-electron chi connectivity index (χ3n) is 3.81. The zero-order valence-electron chi connectivity index (χ0n) is 13.5. The SMILES string of the molecule is COC(=O)CCNP(=O)(NC1CCCCC1)Oc1ccccc1. The fraction of sp³-hybridized carbons (Fsp3) is 0.562. The van der Waals surface area contributed by atoms with E-state index >= 15 is 0 Å². The van der Waals surface area contributed by atoms with Gasteiger partial charge in [-0.2, -0.15) is 0 Å². The van der Waals surface area contributed by atoms with E-state index in [0.717, 1.165) is 25.7 Å². The summed E-state index contributed by atoms with van der Waals surface area (Å²) in [5.41, 5.74) is 0. The van der Waals surface area contributed by atoms with Crippen LogP contribution in [0.25, 0.3) is 0 Å². The van der Waals surface area contributed by atoms with Crippen LogP contribution in [0.15, 0.2) is 30.3 Å². The second-order valence-corrected chi connectivity index (χ2v) is 7.51. The van der Waals surface area contributed by atoms with E-state index in [-0.39, 0.29) is 25.0 Å². The molecule has 1 aromatic rings. The summed E-state index contributed by atoms with van der Waals surface area (Å²) in [6.07, 6.45) is 5.60. The Bertz CT molecular complexity index is 532. The van der Waals surface area contributed by atoms with Crippen LogP contribution >= 0.6 is 7.67 Å². The molecule has 1 fully saturated rings. The smallest absolute Gasteiger partial charge is 0.390 e. The second kappa shape index (κ2) is 9.06. The summed E-state index contributed by atoms with van der Waals surface area (Å²) < 4.78 is 23.4. The fourth-order valence-electron chi connectivity index (χ4n) is 2.61.